The maximum absolute atomic E-state index is 12.7. The molecule has 4 amide bonds. The SMILES string of the molecule is CC(C)CNc1nnc(SCC(=O)NN2C(=O)NC3(CCC(C)CC3)C2=O)s1. The third-order valence-electron chi connectivity index (χ3n) is 4.92. The molecule has 0 radical (unpaired) electrons. The summed E-state index contributed by atoms with van der Waals surface area (Å²) in [5, 5.41) is 15.6. The first-order valence-electron chi connectivity index (χ1n) is 9.45. The second kappa shape index (κ2) is 8.64. The summed E-state index contributed by atoms with van der Waals surface area (Å²) in [6.45, 7) is 7.14. The Labute approximate surface area is 172 Å². The molecule has 3 rings (SSSR count). The number of hydrogen-bond donors (Lipinski definition) is 3. The fraction of sp³-hybridized carbons (Fsp3) is 0.706. The highest BCUT2D eigenvalue weighted by Gasteiger charge is 2.52. The van der Waals surface area contributed by atoms with Crippen LogP contribution in [0.2, 0.25) is 0 Å². The number of nitrogens with zero attached hydrogens (tertiary/aromatic N) is 3. The summed E-state index contributed by atoms with van der Waals surface area (Å²) in [7, 11) is 0. The quantitative estimate of drug-likeness (QED) is 0.452. The van der Waals surface area contributed by atoms with Gasteiger partial charge < -0.3 is 10.6 Å². The minimum absolute atomic E-state index is 0.0416. The van der Waals surface area contributed by atoms with E-state index in [4.69, 9.17) is 0 Å². The molecule has 0 bridgehead atoms. The Morgan fingerprint density at radius 1 is 1.36 bits per heavy atom. The molecule has 1 saturated carbocycles. The van der Waals surface area contributed by atoms with Crippen LogP contribution in [0.4, 0.5) is 9.93 Å². The molecule has 1 aliphatic carbocycles. The van der Waals surface area contributed by atoms with Crippen molar-refractivity contribution in [3.63, 3.8) is 0 Å². The first kappa shape index (κ1) is 20.8. The maximum atomic E-state index is 12.7. The van der Waals surface area contributed by atoms with Crippen LogP contribution >= 0.6 is 23.1 Å². The highest BCUT2D eigenvalue weighted by atomic mass is 32.2. The predicted octanol–water partition coefficient (Wildman–Crippen LogP) is 2.23. The summed E-state index contributed by atoms with van der Waals surface area (Å²) in [4.78, 5) is 37.2. The van der Waals surface area contributed by atoms with E-state index in [0.29, 0.717) is 34.1 Å². The van der Waals surface area contributed by atoms with Crippen molar-refractivity contribution >= 4 is 46.1 Å². The monoisotopic (exact) mass is 426 g/mol. The van der Waals surface area contributed by atoms with E-state index in [9.17, 15) is 14.4 Å². The summed E-state index contributed by atoms with van der Waals surface area (Å²) in [6, 6.07) is -0.561. The van der Waals surface area contributed by atoms with E-state index in [2.05, 4.69) is 47.0 Å². The van der Waals surface area contributed by atoms with Crippen molar-refractivity contribution in [2.45, 2.75) is 56.3 Å². The molecule has 2 aliphatic rings. The molecule has 0 aromatic carbocycles. The molecule has 154 valence electrons. The third kappa shape index (κ3) is 4.75. The Balaban J connectivity index is 1.49. The van der Waals surface area contributed by atoms with Crippen LogP contribution < -0.4 is 16.1 Å². The van der Waals surface area contributed by atoms with E-state index in [1.165, 1.54) is 23.1 Å². The van der Waals surface area contributed by atoms with E-state index in [1.807, 2.05) is 0 Å². The van der Waals surface area contributed by atoms with Crippen LogP contribution in [0.5, 0.6) is 0 Å². The Morgan fingerprint density at radius 3 is 2.75 bits per heavy atom. The zero-order valence-corrected chi connectivity index (χ0v) is 17.9. The smallest absolute Gasteiger partial charge is 0.344 e. The lowest BCUT2D eigenvalue weighted by Crippen LogP contribution is -2.51. The van der Waals surface area contributed by atoms with Crippen LogP contribution in [0, 0.1) is 11.8 Å². The number of amides is 4. The van der Waals surface area contributed by atoms with Crippen LogP contribution in [0.15, 0.2) is 4.34 Å². The van der Waals surface area contributed by atoms with Gasteiger partial charge in [-0.05, 0) is 37.5 Å². The number of rotatable bonds is 7. The van der Waals surface area contributed by atoms with Gasteiger partial charge >= 0.3 is 6.03 Å². The number of urea groups is 1. The first-order valence-corrected chi connectivity index (χ1v) is 11.3. The molecule has 2 heterocycles. The van der Waals surface area contributed by atoms with Crippen molar-refractivity contribution in [1.29, 1.82) is 0 Å². The summed E-state index contributed by atoms with van der Waals surface area (Å²) in [5.41, 5.74) is 1.57. The molecule has 28 heavy (non-hydrogen) atoms. The zero-order chi connectivity index (χ0) is 20.3. The normalized spacial score (nSPS) is 24.7. The summed E-state index contributed by atoms with van der Waals surface area (Å²) >= 11 is 2.59. The molecular formula is C17H26N6O3S2. The molecule has 0 atom stereocenters. The van der Waals surface area contributed by atoms with Crippen molar-refractivity contribution < 1.29 is 14.4 Å². The number of anilines is 1. The molecular weight excluding hydrogens is 400 g/mol. The molecule has 1 saturated heterocycles. The minimum atomic E-state index is -0.861. The van der Waals surface area contributed by atoms with Crippen molar-refractivity contribution in [3.05, 3.63) is 0 Å². The first-order chi connectivity index (χ1) is 13.3. The molecule has 3 N–H and O–H groups in total. The lowest BCUT2D eigenvalue weighted by Gasteiger charge is -2.33. The number of imide groups is 1. The number of hydrazine groups is 1. The molecule has 0 unspecified atom stereocenters. The van der Waals surface area contributed by atoms with Crippen molar-refractivity contribution in [2.75, 3.05) is 17.6 Å². The number of hydrogen-bond acceptors (Lipinski definition) is 8. The second-order valence-corrected chi connectivity index (χ2v) is 10.0. The summed E-state index contributed by atoms with van der Waals surface area (Å²) in [5.74, 6) is 0.285. The fourth-order valence-corrected chi connectivity index (χ4v) is 4.78. The van der Waals surface area contributed by atoms with Gasteiger partial charge in [0.2, 0.25) is 11.0 Å². The molecule has 9 nitrogen and oxygen atoms in total. The summed E-state index contributed by atoms with van der Waals surface area (Å²) < 4.78 is 0.649. The van der Waals surface area contributed by atoms with Crippen molar-refractivity contribution in [2.24, 2.45) is 11.8 Å². The van der Waals surface area contributed by atoms with Crippen LogP contribution in [0.3, 0.4) is 0 Å². The largest absolute Gasteiger partial charge is 0.360 e. The van der Waals surface area contributed by atoms with Crippen molar-refractivity contribution in [1.82, 2.24) is 25.9 Å². The number of nitrogens with one attached hydrogen (secondary N) is 3. The van der Waals surface area contributed by atoms with E-state index >= 15 is 0 Å². The zero-order valence-electron chi connectivity index (χ0n) is 16.3. The van der Waals surface area contributed by atoms with Gasteiger partial charge in [0.15, 0.2) is 4.34 Å². The van der Waals surface area contributed by atoms with Gasteiger partial charge in [0.25, 0.3) is 5.91 Å². The Morgan fingerprint density at radius 2 is 2.07 bits per heavy atom. The van der Waals surface area contributed by atoms with Crippen LogP contribution in [-0.4, -0.2) is 50.9 Å². The van der Waals surface area contributed by atoms with Crippen LogP contribution in [0.1, 0.15) is 46.5 Å². The highest BCUT2D eigenvalue weighted by Crippen LogP contribution is 2.35. The number of thioether (sulfide) groups is 1. The number of carbonyl (C=O) groups excluding carboxylic acids is 3. The topological polar surface area (TPSA) is 116 Å². The van der Waals surface area contributed by atoms with Crippen molar-refractivity contribution in [3.8, 4) is 0 Å². The predicted molar refractivity (Wildman–Crippen MR) is 108 cm³/mol. The Hall–Kier alpha value is -1.88. The van der Waals surface area contributed by atoms with Gasteiger partial charge in [0.1, 0.15) is 5.54 Å². The van der Waals surface area contributed by atoms with Crippen LogP contribution in [0.25, 0.3) is 0 Å². The number of aromatic nitrogens is 2. The fourth-order valence-electron chi connectivity index (χ4n) is 3.23. The standard InChI is InChI=1S/C17H26N6O3S2/c1-10(2)8-18-14-20-21-16(28-14)27-9-12(24)22-23-13(25)17(19-15(23)26)6-4-11(3)5-7-17/h10-11H,4-9H2,1-3H3,(H,18,20)(H,19,26)(H,22,24). The molecule has 11 heteroatoms. The molecule has 2 fully saturated rings. The van der Waals surface area contributed by atoms with Gasteiger partial charge in [-0.25, -0.2) is 4.79 Å². The molecule has 1 aliphatic heterocycles. The van der Waals surface area contributed by atoms with Gasteiger partial charge in [-0.3, -0.25) is 15.0 Å². The van der Waals surface area contributed by atoms with Gasteiger partial charge in [-0.2, -0.15) is 5.01 Å². The van der Waals surface area contributed by atoms with Gasteiger partial charge in [-0.1, -0.05) is 43.9 Å². The average molecular weight is 427 g/mol. The van der Waals surface area contributed by atoms with Gasteiger partial charge in [0, 0.05) is 6.54 Å². The molecule has 1 aromatic heterocycles. The maximum Gasteiger partial charge on any atom is 0.344 e. The van der Waals surface area contributed by atoms with Crippen LogP contribution in [-0.2, 0) is 9.59 Å². The van der Waals surface area contributed by atoms with E-state index in [0.717, 1.165) is 24.4 Å². The number of carbonyl (C=O) groups is 3. The third-order valence-corrected chi connectivity index (χ3v) is 6.94. The average Bonchev–Trinajstić information content (AvgIpc) is 3.20. The minimum Gasteiger partial charge on any atom is -0.360 e. The molecule has 1 aromatic rings. The summed E-state index contributed by atoms with van der Waals surface area (Å²) in [6.07, 6.45) is 2.98. The lowest BCUT2D eigenvalue weighted by molar-refractivity contribution is -0.139. The Bertz CT molecular complexity index is 745. The van der Waals surface area contributed by atoms with E-state index in [1.54, 1.807) is 0 Å². The lowest BCUT2D eigenvalue weighted by atomic mass is 9.77. The Kier molecular flexibility index (Phi) is 6.43. The highest BCUT2D eigenvalue weighted by molar-refractivity contribution is 8.01. The van der Waals surface area contributed by atoms with Gasteiger partial charge in [0.05, 0.1) is 5.75 Å². The second-order valence-electron chi connectivity index (χ2n) is 7.81. The van der Waals surface area contributed by atoms with Gasteiger partial charge in [-0.15, -0.1) is 10.2 Å². The van der Waals surface area contributed by atoms with E-state index < -0.39 is 17.5 Å². The molecule has 1 spiro atoms. The van der Waals surface area contributed by atoms with E-state index in [-0.39, 0.29) is 11.7 Å².